The molecule has 0 amide bonds. The van der Waals surface area contributed by atoms with E-state index in [-0.39, 0.29) is 0 Å². The molecule has 0 spiro atoms. The third-order valence-electron chi connectivity index (χ3n) is 1.10. The van der Waals surface area contributed by atoms with E-state index in [1.54, 1.807) is 0 Å². The Morgan fingerprint density at radius 2 is 2.50 bits per heavy atom. The second-order valence-corrected chi connectivity index (χ2v) is 3.04. The monoisotopic (exact) mass is 157 g/mol. The Bertz CT molecular complexity index is 171. The Labute approximate surface area is 64.6 Å². The fraction of sp³-hybridized carbons (Fsp3) is 0.667. The van der Waals surface area contributed by atoms with Gasteiger partial charge in [-0.25, -0.2) is 0 Å². The van der Waals surface area contributed by atoms with Crippen molar-refractivity contribution in [1.29, 1.82) is 0 Å². The molecular weight excluding hydrogens is 146 g/mol. The molecule has 0 saturated heterocycles. The summed E-state index contributed by atoms with van der Waals surface area (Å²) in [6.45, 7) is 5.05. The lowest BCUT2D eigenvalue weighted by atomic mass is 10.4. The van der Waals surface area contributed by atoms with Crippen molar-refractivity contribution in [1.82, 2.24) is 14.9 Å². The van der Waals surface area contributed by atoms with Gasteiger partial charge in [0.15, 0.2) is 0 Å². The van der Waals surface area contributed by atoms with Gasteiger partial charge in [-0.15, -0.1) is 5.10 Å². The molecule has 0 fully saturated rings. The van der Waals surface area contributed by atoms with Crippen molar-refractivity contribution in [2.75, 3.05) is 0 Å². The first kappa shape index (κ1) is 7.63. The van der Waals surface area contributed by atoms with E-state index in [0.29, 0.717) is 6.04 Å². The molecular formula is C6H11N3S. The van der Waals surface area contributed by atoms with E-state index in [4.69, 9.17) is 0 Å². The minimum absolute atomic E-state index is 0.515. The highest BCUT2D eigenvalue weighted by Crippen LogP contribution is 1.95. The van der Waals surface area contributed by atoms with Crippen molar-refractivity contribution >= 4 is 11.5 Å². The molecule has 1 rings (SSSR count). The topological polar surface area (TPSA) is 37.8 Å². The number of nitrogens with one attached hydrogen (secondary N) is 1. The van der Waals surface area contributed by atoms with E-state index in [1.807, 2.05) is 5.38 Å². The van der Waals surface area contributed by atoms with Crippen molar-refractivity contribution in [3.05, 3.63) is 11.1 Å². The lowest BCUT2D eigenvalue weighted by Crippen LogP contribution is -2.21. The highest BCUT2D eigenvalue weighted by atomic mass is 32.1. The van der Waals surface area contributed by atoms with Crippen LogP contribution in [0.25, 0.3) is 0 Å². The van der Waals surface area contributed by atoms with Gasteiger partial charge in [-0.3, -0.25) is 0 Å². The minimum Gasteiger partial charge on any atom is -0.309 e. The Hall–Kier alpha value is -0.480. The second kappa shape index (κ2) is 3.63. The quantitative estimate of drug-likeness (QED) is 0.712. The van der Waals surface area contributed by atoms with E-state index in [2.05, 4.69) is 28.8 Å². The third kappa shape index (κ3) is 2.41. The van der Waals surface area contributed by atoms with Gasteiger partial charge in [-0.2, -0.15) is 0 Å². The molecule has 4 heteroatoms. The van der Waals surface area contributed by atoms with E-state index in [9.17, 15) is 0 Å². The summed E-state index contributed by atoms with van der Waals surface area (Å²) < 4.78 is 3.75. The van der Waals surface area contributed by atoms with Crippen LogP contribution in [0.3, 0.4) is 0 Å². The van der Waals surface area contributed by atoms with Crippen LogP contribution in [0.5, 0.6) is 0 Å². The van der Waals surface area contributed by atoms with Gasteiger partial charge in [-0.05, 0) is 11.5 Å². The van der Waals surface area contributed by atoms with Crippen molar-refractivity contribution in [2.45, 2.75) is 26.4 Å². The summed E-state index contributed by atoms with van der Waals surface area (Å²) in [5.74, 6) is 0. The maximum Gasteiger partial charge on any atom is 0.0893 e. The second-order valence-electron chi connectivity index (χ2n) is 2.43. The fourth-order valence-corrected chi connectivity index (χ4v) is 1.02. The van der Waals surface area contributed by atoms with Gasteiger partial charge in [0.2, 0.25) is 0 Å². The molecule has 0 aliphatic carbocycles. The van der Waals surface area contributed by atoms with Crippen LogP contribution < -0.4 is 5.32 Å². The van der Waals surface area contributed by atoms with Gasteiger partial charge < -0.3 is 5.32 Å². The molecule has 0 saturated carbocycles. The molecule has 1 aromatic rings. The van der Waals surface area contributed by atoms with Gasteiger partial charge in [0.25, 0.3) is 0 Å². The standard InChI is InChI=1S/C6H11N3S/c1-5(2)7-3-6-4-10-9-8-6/h4-5,7H,3H2,1-2H3. The van der Waals surface area contributed by atoms with Gasteiger partial charge in [0.1, 0.15) is 0 Å². The fourth-order valence-electron chi connectivity index (χ4n) is 0.570. The predicted molar refractivity (Wildman–Crippen MR) is 41.9 cm³/mol. The first-order valence-corrected chi connectivity index (χ1v) is 4.12. The van der Waals surface area contributed by atoms with Crippen molar-refractivity contribution in [3.8, 4) is 0 Å². The highest BCUT2D eigenvalue weighted by Gasteiger charge is 1.95. The predicted octanol–water partition coefficient (Wildman–Crippen LogP) is 1.04. The highest BCUT2D eigenvalue weighted by molar-refractivity contribution is 7.03. The summed E-state index contributed by atoms with van der Waals surface area (Å²) in [6.07, 6.45) is 0. The number of hydrogen-bond acceptors (Lipinski definition) is 4. The zero-order chi connectivity index (χ0) is 7.40. The maximum atomic E-state index is 3.89. The van der Waals surface area contributed by atoms with Crippen molar-refractivity contribution in [2.24, 2.45) is 0 Å². The van der Waals surface area contributed by atoms with Crippen LogP contribution in [0.2, 0.25) is 0 Å². The first-order chi connectivity index (χ1) is 4.79. The molecule has 0 radical (unpaired) electrons. The number of hydrogen-bond donors (Lipinski definition) is 1. The van der Waals surface area contributed by atoms with Crippen LogP contribution in [0.1, 0.15) is 19.5 Å². The molecule has 10 heavy (non-hydrogen) atoms. The van der Waals surface area contributed by atoms with Crippen LogP contribution in [-0.2, 0) is 6.54 Å². The molecule has 56 valence electrons. The van der Waals surface area contributed by atoms with Gasteiger partial charge in [0, 0.05) is 18.0 Å². The smallest absolute Gasteiger partial charge is 0.0893 e. The van der Waals surface area contributed by atoms with Crippen LogP contribution in [0.4, 0.5) is 0 Å². The summed E-state index contributed by atoms with van der Waals surface area (Å²) in [7, 11) is 0. The van der Waals surface area contributed by atoms with Crippen LogP contribution in [0.15, 0.2) is 5.38 Å². The first-order valence-electron chi connectivity index (χ1n) is 3.28. The molecule has 0 aliphatic heterocycles. The van der Waals surface area contributed by atoms with E-state index >= 15 is 0 Å². The van der Waals surface area contributed by atoms with Crippen LogP contribution in [-0.4, -0.2) is 15.6 Å². The van der Waals surface area contributed by atoms with Crippen LogP contribution in [0, 0.1) is 0 Å². The SMILES string of the molecule is CC(C)NCc1csnn1. The molecule has 0 unspecified atom stereocenters. The summed E-state index contributed by atoms with van der Waals surface area (Å²) >= 11 is 1.39. The molecule has 0 aromatic carbocycles. The zero-order valence-corrected chi connectivity index (χ0v) is 6.98. The minimum atomic E-state index is 0.515. The molecule has 3 nitrogen and oxygen atoms in total. The molecule has 1 heterocycles. The summed E-state index contributed by atoms with van der Waals surface area (Å²) in [5.41, 5.74) is 1.03. The number of rotatable bonds is 3. The van der Waals surface area contributed by atoms with E-state index in [1.165, 1.54) is 11.5 Å². The molecule has 0 bridgehead atoms. The number of aromatic nitrogens is 2. The van der Waals surface area contributed by atoms with Crippen molar-refractivity contribution in [3.63, 3.8) is 0 Å². The molecule has 1 aromatic heterocycles. The summed E-state index contributed by atoms with van der Waals surface area (Å²) in [5, 5.41) is 9.10. The summed E-state index contributed by atoms with van der Waals surface area (Å²) in [6, 6.07) is 0.515. The average molecular weight is 157 g/mol. The Balaban J connectivity index is 2.28. The number of nitrogens with zero attached hydrogens (tertiary/aromatic N) is 2. The largest absolute Gasteiger partial charge is 0.309 e. The Morgan fingerprint density at radius 1 is 1.70 bits per heavy atom. The Morgan fingerprint density at radius 3 is 3.00 bits per heavy atom. The van der Waals surface area contributed by atoms with Gasteiger partial charge in [0.05, 0.1) is 5.69 Å². The maximum absolute atomic E-state index is 3.89. The normalized spacial score (nSPS) is 10.7. The molecule has 0 atom stereocenters. The van der Waals surface area contributed by atoms with Gasteiger partial charge >= 0.3 is 0 Å². The van der Waals surface area contributed by atoms with Gasteiger partial charge in [-0.1, -0.05) is 18.3 Å². The molecule has 1 N–H and O–H groups in total. The zero-order valence-electron chi connectivity index (χ0n) is 6.16. The average Bonchev–Trinajstić information content (AvgIpc) is 2.34. The van der Waals surface area contributed by atoms with Crippen LogP contribution >= 0.6 is 11.5 Å². The molecule has 0 aliphatic rings. The van der Waals surface area contributed by atoms with E-state index < -0.39 is 0 Å². The Kier molecular flexibility index (Phi) is 2.77. The summed E-state index contributed by atoms with van der Waals surface area (Å²) in [4.78, 5) is 0. The lowest BCUT2D eigenvalue weighted by Gasteiger charge is -2.03. The lowest BCUT2D eigenvalue weighted by molar-refractivity contribution is 0.580. The third-order valence-corrected chi connectivity index (χ3v) is 1.65. The van der Waals surface area contributed by atoms with E-state index in [0.717, 1.165) is 12.2 Å². The van der Waals surface area contributed by atoms with Crippen molar-refractivity contribution < 1.29 is 0 Å².